The van der Waals surface area contributed by atoms with E-state index in [1.54, 1.807) is 38.5 Å². The van der Waals surface area contributed by atoms with Crippen LogP contribution in [-0.4, -0.2) is 35.1 Å². The van der Waals surface area contributed by atoms with Gasteiger partial charge in [-0.3, -0.25) is 9.52 Å². The molecule has 0 bridgehead atoms. The molecule has 0 aliphatic carbocycles. The van der Waals surface area contributed by atoms with Gasteiger partial charge < -0.3 is 14.8 Å². The molecule has 0 fully saturated rings. The molecule has 0 aliphatic heterocycles. The highest BCUT2D eigenvalue weighted by atomic mass is 35.5. The number of anilines is 1. The molecule has 0 saturated carbocycles. The molecule has 0 heterocycles. The maximum absolute atomic E-state index is 12.7. The molecule has 0 saturated heterocycles. The molecule has 0 unspecified atom stereocenters. The lowest BCUT2D eigenvalue weighted by molar-refractivity contribution is 0.0955. The number of sulfonamides is 1. The summed E-state index contributed by atoms with van der Waals surface area (Å²) in [5, 5.41) is 3.25. The van der Waals surface area contributed by atoms with E-state index in [0.29, 0.717) is 29.5 Å². The minimum absolute atomic E-state index is 0.0468. The predicted molar refractivity (Wildman–Crippen MR) is 124 cm³/mol. The molecule has 168 valence electrons. The second kappa shape index (κ2) is 10.4. The smallest absolute Gasteiger partial charge is 0.261 e. The number of amides is 1. The highest BCUT2D eigenvalue weighted by molar-refractivity contribution is 7.92. The molecule has 0 aliphatic rings. The van der Waals surface area contributed by atoms with Crippen molar-refractivity contribution in [3.63, 3.8) is 0 Å². The van der Waals surface area contributed by atoms with E-state index in [0.717, 1.165) is 5.56 Å². The molecule has 0 aromatic heterocycles. The van der Waals surface area contributed by atoms with E-state index in [2.05, 4.69) is 10.0 Å². The number of methoxy groups -OCH3 is 2. The Morgan fingerprint density at radius 3 is 2.31 bits per heavy atom. The Morgan fingerprint density at radius 2 is 1.62 bits per heavy atom. The minimum Gasteiger partial charge on any atom is -0.493 e. The van der Waals surface area contributed by atoms with E-state index in [-0.39, 0.29) is 22.1 Å². The van der Waals surface area contributed by atoms with E-state index in [9.17, 15) is 13.2 Å². The number of nitrogens with one attached hydrogen (secondary N) is 2. The SMILES string of the molecule is COc1ccc(CCNC(=O)c2ccccc2NS(=O)(=O)c2ccc(Cl)cc2)cc1OC. The molecular formula is C23H23ClN2O5S. The number of carbonyl (C=O) groups excluding carboxylic acids is 1. The van der Waals surface area contributed by atoms with Crippen LogP contribution in [-0.2, 0) is 16.4 Å². The summed E-state index contributed by atoms with van der Waals surface area (Å²) in [5.41, 5.74) is 1.36. The summed E-state index contributed by atoms with van der Waals surface area (Å²) in [6, 6.07) is 17.7. The summed E-state index contributed by atoms with van der Waals surface area (Å²) < 4.78 is 38.4. The van der Waals surface area contributed by atoms with Crippen molar-refractivity contribution >= 4 is 33.2 Å². The van der Waals surface area contributed by atoms with Gasteiger partial charge in [-0.05, 0) is 60.5 Å². The van der Waals surface area contributed by atoms with Gasteiger partial charge in [-0.1, -0.05) is 29.8 Å². The molecule has 3 aromatic carbocycles. The Morgan fingerprint density at radius 1 is 0.938 bits per heavy atom. The molecule has 0 radical (unpaired) electrons. The van der Waals surface area contributed by atoms with Gasteiger partial charge in [0.15, 0.2) is 11.5 Å². The molecule has 0 spiro atoms. The molecule has 1 amide bonds. The van der Waals surface area contributed by atoms with Gasteiger partial charge in [0.1, 0.15) is 0 Å². The zero-order chi connectivity index (χ0) is 23.1. The van der Waals surface area contributed by atoms with E-state index in [1.807, 2.05) is 12.1 Å². The zero-order valence-electron chi connectivity index (χ0n) is 17.6. The van der Waals surface area contributed by atoms with Crippen LogP contribution in [0.5, 0.6) is 11.5 Å². The summed E-state index contributed by atoms with van der Waals surface area (Å²) in [5.74, 6) is 0.848. The standard InChI is InChI=1S/C23H23ClN2O5S/c1-30-21-12-7-16(15-22(21)31-2)13-14-25-23(27)19-5-3-4-6-20(19)26-32(28,29)18-10-8-17(24)9-11-18/h3-12,15,26H,13-14H2,1-2H3,(H,25,27). The van der Waals surface area contributed by atoms with E-state index in [4.69, 9.17) is 21.1 Å². The van der Waals surface area contributed by atoms with Crippen LogP contribution in [0.2, 0.25) is 5.02 Å². The van der Waals surface area contributed by atoms with Crippen molar-refractivity contribution in [2.24, 2.45) is 0 Å². The van der Waals surface area contributed by atoms with Crippen LogP contribution < -0.4 is 19.5 Å². The van der Waals surface area contributed by atoms with Crippen molar-refractivity contribution in [3.05, 3.63) is 82.9 Å². The largest absolute Gasteiger partial charge is 0.493 e. The Kier molecular flexibility index (Phi) is 7.61. The quantitative estimate of drug-likeness (QED) is 0.486. The molecule has 3 aromatic rings. The second-order valence-corrected chi connectivity index (χ2v) is 8.92. The van der Waals surface area contributed by atoms with Gasteiger partial charge in [-0.25, -0.2) is 8.42 Å². The first-order chi connectivity index (χ1) is 15.3. The number of halogens is 1. The third-order valence-corrected chi connectivity index (χ3v) is 6.32. The fourth-order valence-corrected chi connectivity index (χ4v) is 4.25. The molecular weight excluding hydrogens is 452 g/mol. The van der Waals surface area contributed by atoms with Crippen molar-refractivity contribution in [2.45, 2.75) is 11.3 Å². The van der Waals surface area contributed by atoms with Crippen molar-refractivity contribution in [3.8, 4) is 11.5 Å². The maximum atomic E-state index is 12.7. The molecule has 7 nitrogen and oxygen atoms in total. The lowest BCUT2D eigenvalue weighted by Gasteiger charge is -2.13. The first kappa shape index (κ1) is 23.4. The van der Waals surface area contributed by atoms with Gasteiger partial charge in [-0.15, -0.1) is 0 Å². The first-order valence-electron chi connectivity index (χ1n) is 9.70. The lowest BCUT2D eigenvalue weighted by Crippen LogP contribution is -2.27. The number of rotatable bonds is 9. The molecule has 32 heavy (non-hydrogen) atoms. The molecule has 3 rings (SSSR count). The topological polar surface area (TPSA) is 93.7 Å². The Bertz CT molecular complexity index is 1200. The average molecular weight is 475 g/mol. The van der Waals surface area contributed by atoms with Crippen molar-refractivity contribution in [1.82, 2.24) is 5.32 Å². The highest BCUT2D eigenvalue weighted by Gasteiger charge is 2.18. The van der Waals surface area contributed by atoms with Gasteiger partial charge >= 0.3 is 0 Å². The van der Waals surface area contributed by atoms with Crippen LogP contribution in [0.15, 0.2) is 71.6 Å². The summed E-state index contributed by atoms with van der Waals surface area (Å²) in [7, 11) is -0.752. The maximum Gasteiger partial charge on any atom is 0.261 e. The minimum atomic E-state index is -3.88. The van der Waals surface area contributed by atoms with Crippen LogP contribution in [0.25, 0.3) is 0 Å². The van der Waals surface area contributed by atoms with Gasteiger partial charge in [0.25, 0.3) is 15.9 Å². The van der Waals surface area contributed by atoms with Crippen molar-refractivity contribution < 1.29 is 22.7 Å². The van der Waals surface area contributed by atoms with Gasteiger partial charge in [0, 0.05) is 11.6 Å². The first-order valence-corrected chi connectivity index (χ1v) is 11.6. The van der Waals surface area contributed by atoms with Crippen LogP contribution in [0, 0.1) is 0 Å². The number of hydrogen-bond acceptors (Lipinski definition) is 5. The third-order valence-electron chi connectivity index (χ3n) is 4.69. The molecule has 9 heteroatoms. The predicted octanol–water partition coefficient (Wildman–Crippen LogP) is 4.13. The third kappa shape index (κ3) is 5.72. The van der Waals surface area contributed by atoms with Gasteiger partial charge in [0.2, 0.25) is 0 Å². The fraction of sp³-hybridized carbons (Fsp3) is 0.174. The second-order valence-electron chi connectivity index (χ2n) is 6.80. The Hall–Kier alpha value is -3.23. The molecule has 2 N–H and O–H groups in total. The Balaban J connectivity index is 1.68. The van der Waals surface area contributed by atoms with Crippen LogP contribution in [0.1, 0.15) is 15.9 Å². The monoisotopic (exact) mass is 474 g/mol. The van der Waals surface area contributed by atoms with Gasteiger partial charge in [0.05, 0.1) is 30.4 Å². The summed E-state index contributed by atoms with van der Waals surface area (Å²) in [4.78, 5) is 12.8. The normalized spacial score (nSPS) is 11.0. The zero-order valence-corrected chi connectivity index (χ0v) is 19.2. The number of para-hydroxylation sites is 1. The summed E-state index contributed by atoms with van der Waals surface area (Å²) in [6.45, 7) is 0.354. The number of benzene rings is 3. The number of ether oxygens (including phenoxy) is 2. The van der Waals surface area contributed by atoms with Crippen LogP contribution in [0.4, 0.5) is 5.69 Å². The number of hydrogen-bond donors (Lipinski definition) is 2. The average Bonchev–Trinajstić information content (AvgIpc) is 2.79. The van der Waals surface area contributed by atoms with Crippen molar-refractivity contribution in [2.75, 3.05) is 25.5 Å². The number of carbonyl (C=O) groups is 1. The highest BCUT2D eigenvalue weighted by Crippen LogP contribution is 2.27. The fourth-order valence-electron chi connectivity index (χ4n) is 3.04. The van der Waals surface area contributed by atoms with Crippen LogP contribution >= 0.6 is 11.6 Å². The Labute approximate surface area is 192 Å². The lowest BCUT2D eigenvalue weighted by atomic mass is 10.1. The summed E-state index contributed by atoms with van der Waals surface area (Å²) in [6.07, 6.45) is 0.560. The molecule has 0 atom stereocenters. The summed E-state index contributed by atoms with van der Waals surface area (Å²) >= 11 is 5.83. The van der Waals surface area contributed by atoms with E-state index in [1.165, 1.54) is 30.3 Å². The van der Waals surface area contributed by atoms with Gasteiger partial charge in [-0.2, -0.15) is 0 Å². The van der Waals surface area contributed by atoms with Crippen LogP contribution in [0.3, 0.4) is 0 Å². The van der Waals surface area contributed by atoms with Crippen molar-refractivity contribution in [1.29, 1.82) is 0 Å². The van der Waals surface area contributed by atoms with E-state index >= 15 is 0 Å². The van der Waals surface area contributed by atoms with E-state index < -0.39 is 10.0 Å².